The molecule has 2 aliphatic heterocycles. The molecule has 0 aromatic carbocycles. The van der Waals surface area contributed by atoms with Crippen LogP contribution in [0.3, 0.4) is 0 Å². The highest BCUT2D eigenvalue weighted by molar-refractivity contribution is 8.03. The van der Waals surface area contributed by atoms with E-state index in [4.69, 9.17) is 9.52 Å². The van der Waals surface area contributed by atoms with Crippen molar-refractivity contribution in [1.29, 1.82) is 0 Å². The van der Waals surface area contributed by atoms with Gasteiger partial charge in [0, 0.05) is 11.8 Å². The summed E-state index contributed by atoms with van der Waals surface area (Å²) in [5.41, 5.74) is 1.89. The smallest absolute Gasteiger partial charge is 0.353 e. The first-order chi connectivity index (χ1) is 9.65. The summed E-state index contributed by atoms with van der Waals surface area (Å²) in [6.45, 7) is 0. The summed E-state index contributed by atoms with van der Waals surface area (Å²) in [6.07, 6.45) is 4.86. The molecule has 20 heavy (non-hydrogen) atoms. The van der Waals surface area contributed by atoms with Crippen LogP contribution in [0.2, 0.25) is 0 Å². The van der Waals surface area contributed by atoms with Crippen LogP contribution in [-0.4, -0.2) is 27.3 Å². The normalized spacial score (nSPS) is 25.5. The Morgan fingerprint density at radius 1 is 1.50 bits per heavy atom. The molecule has 1 aliphatic carbocycles. The van der Waals surface area contributed by atoms with Crippen molar-refractivity contribution in [2.24, 2.45) is 0 Å². The van der Waals surface area contributed by atoms with E-state index in [1.807, 2.05) is 6.07 Å². The average Bonchev–Trinajstić information content (AvgIpc) is 3.07. The number of aliphatic carboxylic acids is 1. The molecule has 1 saturated heterocycles. The Labute approximate surface area is 118 Å². The Morgan fingerprint density at radius 3 is 3.10 bits per heavy atom. The van der Waals surface area contributed by atoms with Crippen LogP contribution < -0.4 is 0 Å². The van der Waals surface area contributed by atoms with E-state index in [1.54, 1.807) is 6.08 Å². The molecule has 1 unspecified atom stereocenters. The van der Waals surface area contributed by atoms with Crippen LogP contribution in [0.15, 0.2) is 27.2 Å². The first kappa shape index (κ1) is 11.8. The summed E-state index contributed by atoms with van der Waals surface area (Å²) in [6, 6.07) is 1.98. The number of carbonyl (C=O) groups excluding carboxylic acids is 1. The minimum Gasteiger partial charge on any atom is -0.477 e. The highest BCUT2D eigenvalue weighted by Crippen LogP contribution is 2.45. The van der Waals surface area contributed by atoms with Crippen molar-refractivity contribution in [2.75, 3.05) is 0 Å². The van der Waals surface area contributed by atoms with Crippen molar-refractivity contribution in [3.05, 3.63) is 39.8 Å². The summed E-state index contributed by atoms with van der Waals surface area (Å²) < 4.78 is 5.71. The maximum absolute atomic E-state index is 12.0. The van der Waals surface area contributed by atoms with Crippen molar-refractivity contribution in [2.45, 2.75) is 24.6 Å². The Bertz CT molecular complexity index is 679. The molecule has 1 N–H and O–H groups in total. The van der Waals surface area contributed by atoms with E-state index < -0.39 is 5.97 Å². The van der Waals surface area contributed by atoms with E-state index in [0.29, 0.717) is 11.3 Å². The number of carboxylic acids is 1. The summed E-state index contributed by atoms with van der Waals surface area (Å²) in [4.78, 5) is 24.3. The van der Waals surface area contributed by atoms with Crippen LogP contribution in [-0.2, 0) is 22.4 Å². The van der Waals surface area contributed by atoms with Gasteiger partial charge in [0.2, 0.25) is 0 Å². The number of fused-ring (bicyclic) bond motifs is 2. The third kappa shape index (κ3) is 1.51. The van der Waals surface area contributed by atoms with E-state index in [2.05, 4.69) is 0 Å². The van der Waals surface area contributed by atoms with Gasteiger partial charge in [-0.1, -0.05) is 0 Å². The Balaban J connectivity index is 1.61. The summed E-state index contributed by atoms with van der Waals surface area (Å²) in [5.74, 6) is 0.403. The van der Waals surface area contributed by atoms with E-state index in [1.165, 1.54) is 27.6 Å². The molecule has 3 heterocycles. The number of furan rings is 1. The van der Waals surface area contributed by atoms with Crippen LogP contribution in [0.5, 0.6) is 0 Å². The number of carboxylic acid groups (broad SMARTS) is 1. The van der Waals surface area contributed by atoms with Crippen LogP contribution in [0.4, 0.5) is 0 Å². The largest absolute Gasteiger partial charge is 0.477 e. The summed E-state index contributed by atoms with van der Waals surface area (Å²) in [5, 5.41) is 10.3. The van der Waals surface area contributed by atoms with Crippen LogP contribution in [0.25, 0.3) is 6.08 Å². The van der Waals surface area contributed by atoms with E-state index in [9.17, 15) is 9.59 Å². The minimum absolute atomic E-state index is 0.0593. The molecule has 1 atom stereocenters. The minimum atomic E-state index is -1.07. The number of hydrogen-bond acceptors (Lipinski definition) is 4. The Morgan fingerprint density at radius 2 is 2.35 bits per heavy atom. The molecule has 0 bridgehead atoms. The molecule has 0 radical (unpaired) electrons. The molecule has 6 heteroatoms. The fourth-order valence-electron chi connectivity index (χ4n) is 2.84. The number of β-lactam (4-membered cyclic amide) rings is 1. The zero-order valence-electron chi connectivity index (χ0n) is 10.5. The third-order valence-corrected chi connectivity index (χ3v) is 4.90. The van der Waals surface area contributed by atoms with Gasteiger partial charge in [-0.25, -0.2) is 4.79 Å². The molecule has 1 fully saturated rings. The molecule has 1 amide bonds. The number of hydrogen-bond donors (Lipinski definition) is 1. The monoisotopic (exact) mass is 289 g/mol. The lowest BCUT2D eigenvalue weighted by Gasteiger charge is -2.36. The van der Waals surface area contributed by atoms with Gasteiger partial charge in [-0.05, 0) is 30.5 Å². The van der Waals surface area contributed by atoms with Crippen molar-refractivity contribution in [3.63, 3.8) is 0 Å². The second-order valence-corrected chi connectivity index (χ2v) is 5.98. The molecule has 4 rings (SSSR count). The molecule has 102 valence electrons. The van der Waals surface area contributed by atoms with Crippen molar-refractivity contribution < 1.29 is 19.1 Å². The quantitative estimate of drug-likeness (QED) is 0.666. The van der Waals surface area contributed by atoms with Gasteiger partial charge in [0.1, 0.15) is 22.6 Å². The Hall–Kier alpha value is -1.95. The number of carbonyl (C=O) groups is 2. The molecular weight excluding hydrogens is 278 g/mol. The highest BCUT2D eigenvalue weighted by atomic mass is 32.2. The lowest BCUT2D eigenvalue weighted by atomic mass is 10.0. The van der Waals surface area contributed by atoms with E-state index in [-0.39, 0.29) is 17.0 Å². The van der Waals surface area contributed by atoms with Crippen molar-refractivity contribution in [3.8, 4) is 0 Å². The van der Waals surface area contributed by atoms with Gasteiger partial charge >= 0.3 is 5.97 Å². The number of nitrogens with zero attached hydrogens (tertiary/aromatic N) is 1. The van der Waals surface area contributed by atoms with Crippen molar-refractivity contribution in [1.82, 2.24) is 4.90 Å². The fraction of sp³-hybridized carbons (Fsp3) is 0.286. The summed E-state index contributed by atoms with van der Waals surface area (Å²) >= 11 is 1.34. The van der Waals surface area contributed by atoms with Gasteiger partial charge in [-0.2, -0.15) is 0 Å². The molecular formula is C14H11NO4S. The van der Waals surface area contributed by atoms with Crippen molar-refractivity contribution >= 4 is 29.7 Å². The second kappa shape index (κ2) is 4.02. The first-order valence-electron chi connectivity index (χ1n) is 6.41. The number of thioether (sulfide) groups is 1. The fourth-order valence-corrected chi connectivity index (χ4v) is 3.96. The lowest BCUT2D eigenvalue weighted by Crippen LogP contribution is -2.51. The van der Waals surface area contributed by atoms with E-state index in [0.717, 1.165) is 25.0 Å². The molecule has 1 aromatic heterocycles. The highest BCUT2D eigenvalue weighted by Gasteiger charge is 2.49. The molecule has 5 nitrogen and oxygen atoms in total. The third-order valence-electron chi connectivity index (χ3n) is 3.82. The summed E-state index contributed by atoms with van der Waals surface area (Å²) in [7, 11) is 0. The average molecular weight is 289 g/mol. The first-order valence-corrected chi connectivity index (χ1v) is 7.35. The van der Waals surface area contributed by atoms with Gasteiger partial charge in [0.15, 0.2) is 0 Å². The Kier molecular flexibility index (Phi) is 2.38. The van der Waals surface area contributed by atoms with Gasteiger partial charge in [0.25, 0.3) is 5.91 Å². The van der Waals surface area contributed by atoms with Crippen LogP contribution in [0.1, 0.15) is 23.5 Å². The van der Waals surface area contributed by atoms with Gasteiger partial charge < -0.3 is 9.52 Å². The zero-order valence-corrected chi connectivity index (χ0v) is 11.3. The van der Waals surface area contributed by atoms with Crippen LogP contribution >= 0.6 is 11.8 Å². The van der Waals surface area contributed by atoms with Gasteiger partial charge in [-0.3, -0.25) is 9.69 Å². The number of aryl methyl sites for hydroxylation is 2. The molecule has 0 spiro atoms. The predicted molar refractivity (Wildman–Crippen MR) is 72.7 cm³/mol. The number of amides is 1. The maximum Gasteiger partial charge on any atom is 0.353 e. The topological polar surface area (TPSA) is 70.7 Å². The lowest BCUT2D eigenvalue weighted by molar-refractivity contribution is -0.141. The van der Waals surface area contributed by atoms with Crippen LogP contribution in [0, 0.1) is 0 Å². The second-order valence-electron chi connectivity index (χ2n) is 5.02. The SMILES string of the molecule is O=C(O)C1=CSC2/C(=C/c3cc4c(o3)CCC4)C(=O)N12. The molecule has 3 aliphatic rings. The zero-order chi connectivity index (χ0) is 13.9. The number of rotatable bonds is 2. The molecule has 1 aromatic rings. The standard InChI is InChI=1S/C14H11NO4S/c16-12-9(13-15(12)10(6-20-13)14(17)18)5-8-4-7-2-1-3-11(7)19-8/h4-6,13H,1-3H2,(H,17,18)/b9-5+. The maximum atomic E-state index is 12.0. The predicted octanol–water partition coefficient (Wildman–Crippen LogP) is 1.99. The van der Waals surface area contributed by atoms with Gasteiger partial charge in [0.05, 0.1) is 5.57 Å². The van der Waals surface area contributed by atoms with E-state index >= 15 is 0 Å². The molecule has 0 saturated carbocycles. The van der Waals surface area contributed by atoms with Gasteiger partial charge in [-0.15, -0.1) is 11.8 Å².